The van der Waals surface area contributed by atoms with Gasteiger partial charge in [0, 0.05) is 39.8 Å². The molecular weight excluding hydrogens is 544 g/mol. The first kappa shape index (κ1) is 26.7. The number of rotatable bonds is 6. The van der Waals surface area contributed by atoms with Gasteiger partial charge < -0.3 is 9.47 Å². The molecule has 7 aromatic rings. The van der Waals surface area contributed by atoms with E-state index in [0.717, 1.165) is 17.6 Å². The van der Waals surface area contributed by atoms with Gasteiger partial charge in [0.05, 0.1) is 16.7 Å². The molecule has 0 fully saturated rings. The summed E-state index contributed by atoms with van der Waals surface area (Å²) in [5.41, 5.74) is 13.2. The first-order valence-corrected chi connectivity index (χ1v) is 15.4. The van der Waals surface area contributed by atoms with Crippen LogP contribution in [-0.4, -0.2) is 4.57 Å². The maximum Gasteiger partial charge on any atom is 0.0541 e. The zero-order valence-electron chi connectivity index (χ0n) is 25.0. The summed E-state index contributed by atoms with van der Waals surface area (Å²) in [7, 11) is 0. The maximum atomic E-state index is 4.22. The van der Waals surface area contributed by atoms with Gasteiger partial charge in [-0.2, -0.15) is 0 Å². The molecule has 1 aromatic heterocycles. The van der Waals surface area contributed by atoms with Gasteiger partial charge in [0.15, 0.2) is 0 Å². The largest absolute Gasteiger partial charge is 0.314 e. The predicted octanol–water partition coefficient (Wildman–Crippen LogP) is 11.3. The van der Waals surface area contributed by atoms with Crippen LogP contribution in [0.4, 0.5) is 11.4 Å². The molecule has 0 saturated carbocycles. The first-order valence-electron chi connectivity index (χ1n) is 15.4. The molecular formula is C43H32N2. The highest BCUT2D eigenvalue weighted by Crippen LogP contribution is 2.41. The predicted molar refractivity (Wildman–Crippen MR) is 191 cm³/mol. The Balaban J connectivity index is 1.25. The lowest BCUT2D eigenvalue weighted by molar-refractivity contribution is 1.15. The van der Waals surface area contributed by atoms with Crippen LogP contribution in [0.3, 0.4) is 0 Å². The Morgan fingerprint density at radius 1 is 0.600 bits per heavy atom. The van der Waals surface area contributed by atoms with Crippen molar-refractivity contribution in [3.8, 4) is 16.8 Å². The SMILES string of the molecule is C=C/C(=C\C=C1/Cc2ccccc2N1c1ccccc1)c1ccc2c(c1)c1ccccc1n2-c1ccccc1-c1ccccc1. The number of nitrogens with zero attached hydrogens (tertiary/aromatic N) is 2. The molecule has 214 valence electrons. The first-order chi connectivity index (χ1) is 22.3. The Bertz CT molecular complexity index is 2250. The summed E-state index contributed by atoms with van der Waals surface area (Å²) in [6.45, 7) is 4.22. The Morgan fingerprint density at radius 3 is 2.09 bits per heavy atom. The second-order valence-electron chi connectivity index (χ2n) is 11.4. The fraction of sp³-hybridized carbons (Fsp3) is 0.0233. The molecule has 8 rings (SSSR count). The summed E-state index contributed by atoms with van der Waals surface area (Å²) in [5, 5.41) is 2.46. The molecule has 0 atom stereocenters. The highest BCUT2D eigenvalue weighted by molar-refractivity contribution is 6.10. The van der Waals surface area contributed by atoms with Gasteiger partial charge >= 0.3 is 0 Å². The highest BCUT2D eigenvalue weighted by atomic mass is 15.2. The van der Waals surface area contributed by atoms with E-state index in [0.29, 0.717) is 0 Å². The Hall–Kier alpha value is -5.86. The van der Waals surface area contributed by atoms with Gasteiger partial charge in [0.2, 0.25) is 0 Å². The number of hydrogen-bond acceptors (Lipinski definition) is 1. The molecule has 0 amide bonds. The molecule has 0 N–H and O–H groups in total. The number of para-hydroxylation sites is 4. The van der Waals surface area contributed by atoms with Crippen molar-refractivity contribution in [2.24, 2.45) is 0 Å². The van der Waals surface area contributed by atoms with Gasteiger partial charge in [-0.05, 0) is 70.8 Å². The lowest BCUT2D eigenvalue weighted by atomic mass is 10.0. The van der Waals surface area contributed by atoms with Crippen LogP contribution in [-0.2, 0) is 6.42 Å². The Labute approximate surface area is 264 Å². The van der Waals surface area contributed by atoms with Crippen LogP contribution in [0.15, 0.2) is 182 Å². The monoisotopic (exact) mass is 576 g/mol. The summed E-state index contributed by atoms with van der Waals surface area (Å²) in [5.74, 6) is 0. The number of anilines is 2. The third-order valence-electron chi connectivity index (χ3n) is 8.82. The van der Waals surface area contributed by atoms with Crippen LogP contribution in [0.2, 0.25) is 0 Å². The van der Waals surface area contributed by atoms with Crippen LogP contribution in [0, 0.1) is 0 Å². The molecule has 2 heterocycles. The Morgan fingerprint density at radius 2 is 1.27 bits per heavy atom. The molecule has 1 aliphatic rings. The zero-order valence-corrected chi connectivity index (χ0v) is 25.0. The van der Waals surface area contributed by atoms with E-state index in [2.05, 4.69) is 180 Å². The highest BCUT2D eigenvalue weighted by Gasteiger charge is 2.24. The molecule has 6 aromatic carbocycles. The average molecular weight is 577 g/mol. The number of hydrogen-bond donors (Lipinski definition) is 0. The third kappa shape index (κ3) is 4.68. The van der Waals surface area contributed by atoms with Crippen LogP contribution < -0.4 is 4.90 Å². The summed E-state index contributed by atoms with van der Waals surface area (Å²) in [4.78, 5) is 2.37. The molecule has 45 heavy (non-hydrogen) atoms. The number of aromatic nitrogens is 1. The van der Waals surface area contributed by atoms with Gasteiger partial charge in [0.1, 0.15) is 0 Å². The average Bonchev–Trinajstić information content (AvgIpc) is 3.65. The van der Waals surface area contributed by atoms with Gasteiger partial charge in [-0.15, -0.1) is 0 Å². The number of allylic oxidation sites excluding steroid dienone is 5. The van der Waals surface area contributed by atoms with E-state index in [4.69, 9.17) is 0 Å². The van der Waals surface area contributed by atoms with Crippen molar-refractivity contribution in [3.63, 3.8) is 0 Å². The van der Waals surface area contributed by atoms with E-state index in [9.17, 15) is 0 Å². The standard InChI is InChI=1S/C43H32N2/c1-2-31(25-27-36-29-34-17-9-12-22-40(34)44(36)35-18-7-4-8-19-35)33-26-28-43-39(30-33)38-21-11-14-24-42(38)45(43)41-23-13-10-20-37(41)32-15-5-3-6-16-32/h2-28,30H,1,29H2/b31-25+,36-27+. The molecule has 0 unspecified atom stereocenters. The van der Waals surface area contributed by atoms with Gasteiger partial charge in [0.25, 0.3) is 0 Å². The molecule has 1 aliphatic heterocycles. The molecule has 0 spiro atoms. The van der Waals surface area contributed by atoms with E-state index in [-0.39, 0.29) is 0 Å². The van der Waals surface area contributed by atoms with Crippen molar-refractivity contribution in [2.75, 3.05) is 4.90 Å². The van der Waals surface area contributed by atoms with Crippen molar-refractivity contribution < 1.29 is 0 Å². The summed E-state index contributed by atoms with van der Waals surface area (Å²) >= 11 is 0. The van der Waals surface area contributed by atoms with E-state index in [1.165, 1.54) is 61.3 Å². The normalized spacial score (nSPS) is 13.9. The molecule has 0 aliphatic carbocycles. The van der Waals surface area contributed by atoms with E-state index in [1.54, 1.807) is 0 Å². The molecule has 2 nitrogen and oxygen atoms in total. The van der Waals surface area contributed by atoms with Crippen molar-refractivity contribution >= 4 is 38.8 Å². The second kappa shape index (κ2) is 11.3. The minimum Gasteiger partial charge on any atom is -0.314 e. The van der Waals surface area contributed by atoms with E-state index >= 15 is 0 Å². The minimum atomic E-state index is 0.888. The lowest BCUT2D eigenvalue weighted by Crippen LogP contribution is -2.11. The van der Waals surface area contributed by atoms with E-state index in [1.807, 2.05) is 6.08 Å². The smallest absolute Gasteiger partial charge is 0.0541 e. The quantitative estimate of drug-likeness (QED) is 0.179. The number of fused-ring (bicyclic) bond motifs is 4. The second-order valence-corrected chi connectivity index (χ2v) is 11.4. The molecule has 0 bridgehead atoms. The fourth-order valence-corrected chi connectivity index (χ4v) is 6.73. The lowest BCUT2D eigenvalue weighted by Gasteiger charge is -2.21. The minimum absolute atomic E-state index is 0.888. The summed E-state index contributed by atoms with van der Waals surface area (Å²) in [6, 6.07) is 54.2. The van der Waals surface area contributed by atoms with Crippen LogP contribution in [0.1, 0.15) is 11.1 Å². The third-order valence-corrected chi connectivity index (χ3v) is 8.82. The van der Waals surface area contributed by atoms with Crippen molar-refractivity contribution in [2.45, 2.75) is 6.42 Å². The van der Waals surface area contributed by atoms with Crippen molar-refractivity contribution in [1.29, 1.82) is 0 Å². The summed E-state index contributed by atoms with van der Waals surface area (Å²) in [6.07, 6.45) is 7.33. The van der Waals surface area contributed by atoms with Crippen LogP contribution in [0.25, 0.3) is 44.2 Å². The topological polar surface area (TPSA) is 8.17 Å². The fourth-order valence-electron chi connectivity index (χ4n) is 6.73. The number of benzene rings is 6. The van der Waals surface area contributed by atoms with Crippen molar-refractivity contribution in [3.05, 3.63) is 193 Å². The van der Waals surface area contributed by atoms with Gasteiger partial charge in [-0.3, -0.25) is 0 Å². The molecule has 0 radical (unpaired) electrons. The van der Waals surface area contributed by atoms with Gasteiger partial charge in [-0.1, -0.05) is 128 Å². The van der Waals surface area contributed by atoms with E-state index < -0.39 is 0 Å². The maximum absolute atomic E-state index is 4.22. The van der Waals surface area contributed by atoms with Crippen molar-refractivity contribution in [1.82, 2.24) is 4.57 Å². The van der Waals surface area contributed by atoms with Gasteiger partial charge in [-0.25, -0.2) is 0 Å². The summed E-state index contributed by atoms with van der Waals surface area (Å²) < 4.78 is 2.41. The van der Waals surface area contributed by atoms with Crippen LogP contribution in [0.5, 0.6) is 0 Å². The zero-order chi connectivity index (χ0) is 30.2. The molecule has 2 heteroatoms. The molecule has 0 saturated heterocycles. The Kier molecular flexibility index (Phi) is 6.73. The van der Waals surface area contributed by atoms with Crippen LogP contribution >= 0.6 is 0 Å².